The molecule has 12 nitrogen and oxygen atoms in total. The van der Waals surface area contributed by atoms with Crippen molar-refractivity contribution < 1.29 is 52.4 Å². The maximum atomic E-state index is 16.7. The minimum Gasteiger partial charge on any atom is -0.455 e. The lowest BCUT2D eigenvalue weighted by molar-refractivity contribution is -0.296. The topological polar surface area (TPSA) is 141 Å². The molecular weight excluding hydrogens is 639 g/mol. The fourth-order valence-corrected chi connectivity index (χ4v) is 9.25. The summed E-state index contributed by atoms with van der Waals surface area (Å²) in [6.45, 7) is 12.5. The second-order valence-electron chi connectivity index (χ2n) is 15.7. The van der Waals surface area contributed by atoms with Gasteiger partial charge in [0.25, 0.3) is 5.67 Å². The zero-order valence-corrected chi connectivity index (χ0v) is 30.8. The van der Waals surface area contributed by atoms with Gasteiger partial charge < -0.3 is 33.7 Å². The van der Waals surface area contributed by atoms with Crippen molar-refractivity contribution in [1.29, 1.82) is 0 Å². The van der Waals surface area contributed by atoms with Gasteiger partial charge in [-0.25, -0.2) is 9.18 Å². The second-order valence-corrected chi connectivity index (χ2v) is 15.7. The van der Waals surface area contributed by atoms with Crippen molar-refractivity contribution in [3.05, 3.63) is 0 Å². The van der Waals surface area contributed by atoms with E-state index in [0.29, 0.717) is 6.42 Å². The van der Waals surface area contributed by atoms with E-state index >= 15 is 4.39 Å². The summed E-state index contributed by atoms with van der Waals surface area (Å²) in [4.78, 5) is 59.7. The third kappa shape index (κ3) is 6.69. The number of hydrogen-bond donors (Lipinski definition) is 1. The van der Waals surface area contributed by atoms with Gasteiger partial charge in [0.2, 0.25) is 0 Å². The number of carbonyl (C=O) groups is 4. The van der Waals surface area contributed by atoms with Gasteiger partial charge in [-0.2, -0.15) is 0 Å². The number of terminal acetylenes is 1. The average Bonchev–Trinajstić information content (AvgIpc) is 3.48. The highest BCUT2D eigenvalue weighted by Crippen LogP contribution is 2.55. The Kier molecular flexibility index (Phi) is 11.2. The first-order chi connectivity index (χ1) is 22.6. The van der Waals surface area contributed by atoms with Crippen LogP contribution in [0.3, 0.4) is 0 Å². The fourth-order valence-electron chi connectivity index (χ4n) is 9.25. The molecule has 4 fully saturated rings. The maximum absolute atomic E-state index is 16.7. The number of hydrogen-bond acceptors (Lipinski definition) is 12. The average molecular weight is 695 g/mol. The second kappa shape index (κ2) is 13.9. The van der Waals surface area contributed by atoms with Crippen LogP contribution in [0.1, 0.15) is 74.7 Å². The van der Waals surface area contributed by atoms with Crippen LogP contribution in [-0.4, -0.2) is 132 Å². The Labute approximate surface area is 289 Å². The van der Waals surface area contributed by atoms with Crippen LogP contribution >= 0.6 is 0 Å². The number of esters is 2. The maximum Gasteiger partial charge on any atom is 0.351 e. The van der Waals surface area contributed by atoms with E-state index < -0.39 is 88.4 Å². The summed E-state index contributed by atoms with van der Waals surface area (Å²) in [6, 6.07) is -1.19. The van der Waals surface area contributed by atoms with Gasteiger partial charge in [-0.3, -0.25) is 19.3 Å². The molecule has 0 aliphatic carbocycles. The molecule has 0 amide bonds. The Morgan fingerprint density at radius 3 is 2.31 bits per heavy atom. The van der Waals surface area contributed by atoms with Gasteiger partial charge in [0.05, 0.1) is 17.8 Å². The summed E-state index contributed by atoms with van der Waals surface area (Å²) in [5.41, 5.74) is -7.40. The van der Waals surface area contributed by atoms with Crippen LogP contribution in [0, 0.1) is 35.5 Å². The van der Waals surface area contributed by atoms with Crippen LogP contribution in [-0.2, 0) is 42.9 Å². The first-order valence-electron chi connectivity index (χ1n) is 17.2. The molecule has 276 valence electrons. The van der Waals surface area contributed by atoms with Gasteiger partial charge in [0, 0.05) is 35.8 Å². The molecule has 4 heterocycles. The molecule has 4 saturated heterocycles. The van der Waals surface area contributed by atoms with Crippen LogP contribution in [0.25, 0.3) is 0 Å². The minimum atomic E-state index is -3.17. The number of aliphatic hydroxyl groups is 1. The molecule has 0 radical (unpaired) electrons. The Morgan fingerprint density at radius 2 is 1.73 bits per heavy atom. The standard InChI is InChI=1S/C36H55FN2O10/c1-13-15-45-34(7)17-19(3)27(41)33(6)18-39(12)24-26(33)36(9,49-30(24)43)23(14-2)47-32(44)35(8,37)28(42)21(5)29(34)48-31-25(40)22(38(10)11)16-20(4)46-31/h1,19-26,29,31,40H,14-18H2,2-12H3/t19-,20-,21+,22+,23-,24?,25-,26?,29-,31+,33?,34+,35+,36-/m1/s1. The number of likely N-dealkylation sites (tertiary alicyclic amines) is 1. The van der Waals surface area contributed by atoms with Crippen molar-refractivity contribution in [2.75, 3.05) is 34.3 Å². The lowest BCUT2D eigenvalue weighted by Gasteiger charge is -2.48. The van der Waals surface area contributed by atoms with E-state index in [-0.39, 0.29) is 43.9 Å². The number of aliphatic hydroxyl groups excluding tert-OH is 1. The van der Waals surface area contributed by atoms with Crippen molar-refractivity contribution in [3.8, 4) is 12.3 Å². The molecule has 3 unspecified atom stereocenters. The predicted molar refractivity (Wildman–Crippen MR) is 176 cm³/mol. The van der Waals surface area contributed by atoms with Crippen LogP contribution in [0.15, 0.2) is 0 Å². The summed E-state index contributed by atoms with van der Waals surface area (Å²) in [5.74, 6) is -3.89. The molecule has 0 aromatic rings. The number of nitrogens with zero attached hydrogens (tertiary/aromatic N) is 2. The summed E-state index contributed by atoms with van der Waals surface area (Å²) in [5, 5.41) is 11.4. The smallest absolute Gasteiger partial charge is 0.351 e. The Bertz CT molecular complexity index is 1350. The normalized spacial score (nSPS) is 47.0. The number of halogens is 1. The molecule has 4 aliphatic rings. The third-order valence-electron chi connectivity index (χ3n) is 11.6. The van der Waals surface area contributed by atoms with Gasteiger partial charge in [0.15, 0.2) is 17.7 Å². The van der Waals surface area contributed by atoms with Gasteiger partial charge >= 0.3 is 11.9 Å². The van der Waals surface area contributed by atoms with E-state index in [4.69, 9.17) is 30.1 Å². The molecule has 0 aromatic carbocycles. The number of cyclic esters (lactones) is 1. The lowest BCUT2D eigenvalue weighted by atomic mass is 9.62. The largest absolute Gasteiger partial charge is 0.455 e. The van der Waals surface area contributed by atoms with Crippen molar-refractivity contribution >= 4 is 23.5 Å². The zero-order chi connectivity index (χ0) is 37.0. The van der Waals surface area contributed by atoms with E-state index in [0.717, 1.165) is 6.92 Å². The van der Waals surface area contributed by atoms with Gasteiger partial charge in [-0.1, -0.05) is 33.6 Å². The molecule has 14 atom stereocenters. The van der Waals surface area contributed by atoms with Gasteiger partial charge in [0.1, 0.15) is 30.6 Å². The monoisotopic (exact) mass is 694 g/mol. The number of rotatable bonds is 6. The van der Waals surface area contributed by atoms with Crippen molar-refractivity contribution in [3.63, 3.8) is 0 Å². The molecule has 4 aliphatic heterocycles. The lowest BCUT2D eigenvalue weighted by Crippen LogP contribution is -2.61. The van der Waals surface area contributed by atoms with E-state index in [2.05, 4.69) is 5.92 Å². The molecule has 0 saturated carbocycles. The zero-order valence-electron chi connectivity index (χ0n) is 30.8. The summed E-state index contributed by atoms with van der Waals surface area (Å²) in [6.07, 6.45) is 0.865. The molecule has 0 bridgehead atoms. The highest BCUT2D eigenvalue weighted by atomic mass is 19.1. The number of ketones is 2. The van der Waals surface area contributed by atoms with Crippen LogP contribution in [0.2, 0.25) is 0 Å². The molecular formula is C36H55FN2O10. The molecule has 0 spiro atoms. The van der Waals surface area contributed by atoms with E-state index in [1.807, 2.05) is 25.9 Å². The molecule has 1 N–H and O–H groups in total. The molecule has 4 rings (SSSR count). The first kappa shape index (κ1) is 39.3. The van der Waals surface area contributed by atoms with E-state index in [1.54, 1.807) is 46.6 Å². The van der Waals surface area contributed by atoms with Crippen LogP contribution in [0.4, 0.5) is 4.39 Å². The van der Waals surface area contributed by atoms with Gasteiger partial charge in [-0.15, -0.1) is 6.42 Å². The molecule has 49 heavy (non-hydrogen) atoms. The number of alkyl halides is 1. The number of carbonyl (C=O) groups excluding carboxylic acids is 4. The Hall–Kier alpha value is -2.47. The van der Waals surface area contributed by atoms with Gasteiger partial charge in [-0.05, 0) is 68.1 Å². The number of Topliss-reactive ketones (excluding diaryl/α,β-unsaturated/α-hetero) is 2. The van der Waals surface area contributed by atoms with Crippen molar-refractivity contribution in [2.45, 2.75) is 134 Å². The first-order valence-corrected chi connectivity index (χ1v) is 17.2. The molecule has 13 heteroatoms. The SMILES string of the molecule is C#CCO[C@@]1(C)C[C@@H](C)C(=O)C2(C)CN(C)C3C(=O)O[C@@](C)(C32)[C@@H](CC)OC(=O)[C@@](C)(F)C(=O)[C@H](C)[C@H]1O[C@@H]1O[C@H](C)C[C@H](N(C)C)[C@H]1O. The van der Waals surface area contributed by atoms with Crippen molar-refractivity contribution in [2.24, 2.45) is 23.2 Å². The third-order valence-corrected chi connectivity index (χ3v) is 11.6. The Morgan fingerprint density at radius 1 is 1.10 bits per heavy atom. The highest BCUT2D eigenvalue weighted by molar-refractivity contribution is 6.08. The summed E-state index contributed by atoms with van der Waals surface area (Å²) < 4.78 is 47.2. The fraction of sp³-hybridized carbons (Fsp3) is 0.833. The quantitative estimate of drug-likeness (QED) is 0.248. The number of ether oxygens (including phenoxy) is 5. The number of likely N-dealkylation sites (N-methyl/N-ethyl adjacent to an activating group) is 2. The summed E-state index contributed by atoms with van der Waals surface area (Å²) >= 11 is 0. The van der Waals surface area contributed by atoms with E-state index in [9.17, 15) is 24.3 Å². The van der Waals surface area contributed by atoms with Crippen molar-refractivity contribution in [1.82, 2.24) is 9.80 Å². The predicted octanol–water partition coefficient (Wildman–Crippen LogP) is 2.32. The minimum absolute atomic E-state index is 0.0435. The Balaban J connectivity index is 1.90. The molecule has 0 aromatic heterocycles. The van der Waals surface area contributed by atoms with Crippen LogP contribution < -0.4 is 0 Å². The highest BCUT2D eigenvalue weighted by Gasteiger charge is 2.71. The van der Waals surface area contributed by atoms with Crippen LogP contribution in [0.5, 0.6) is 0 Å². The summed E-state index contributed by atoms with van der Waals surface area (Å²) in [7, 11) is 5.36. The van der Waals surface area contributed by atoms with E-state index in [1.165, 1.54) is 6.92 Å².